The Bertz CT molecular complexity index is 963. The summed E-state index contributed by atoms with van der Waals surface area (Å²) in [6, 6.07) is 12.8. The summed E-state index contributed by atoms with van der Waals surface area (Å²) in [5.41, 5.74) is 10.2. The van der Waals surface area contributed by atoms with Crippen molar-refractivity contribution >= 4 is 27.7 Å². The maximum atomic E-state index is 12.1. The number of amides is 1. The quantitative estimate of drug-likeness (QED) is 0.529. The van der Waals surface area contributed by atoms with Crippen molar-refractivity contribution in [3.8, 4) is 0 Å². The Balaban J connectivity index is 1.87. The van der Waals surface area contributed by atoms with Crippen molar-refractivity contribution in [1.29, 1.82) is 0 Å². The number of rotatable bonds is 7. The van der Waals surface area contributed by atoms with Gasteiger partial charge in [-0.25, -0.2) is 0 Å². The Morgan fingerprint density at radius 3 is 2.67 bits per heavy atom. The second-order valence-corrected chi connectivity index (χ2v) is 8.13. The zero-order valence-electron chi connectivity index (χ0n) is 16.3. The van der Waals surface area contributed by atoms with Crippen LogP contribution in [0.1, 0.15) is 67.8 Å². The van der Waals surface area contributed by atoms with Gasteiger partial charge in [-0.15, -0.1) is 0 Å². The predicted molar refractivity (Wildman–Crippen MR) is 113 cm³/mol. The number of unbranched alkanes of at least 4 members (excludes halogenated alkanes) is 2. The number of primary amides is 1. The third-order valence-corrected chi connectivity index (χ3v) is 6.21. The highest BCUT2D eigenvalue weighted by molar-refractivity contribution is 6.17. The third kappa shape index (κ3) is 3.47. The van der Waals surface area contributed by atoms with Crippen LogP contribution in [0.15, 0.2) is 36.4 Å². The molecule has 0 aliphatic heterocycles. The molecule has 2 N–H and O–H groups in total. The molecular formula is C24H30N2O. The lowest BCUT2D eigenvalue weighted by atomic mass is 10.0. The number of hydrogen-bond acceptors (Lipinski definition) is 1. The molecule has 0 radical (unpaired) electrons. The van der Waals surface area contributed by atoms with E-state index in [1.165, 1.54) is 56.0 Å². The third-order valence-electron chi connectivity index (χ3n) is 6.21. The molecule has 0 unspecified atom stereocenters. The molecule has 27 heavy (non-hydrogen) atoms. The molecule has 1 heterocycles. The Hall–Kier alpha value is -2.29. The van der Waals surface area contributed by atoms with Crippen LogP contribution < -0.4 is 5.73 Å². The Labute approximate surface area is 161 Å². The summed E-state index contributed by atoms with van der Waals surface area (Å²) in [6.07, 6.45) is 10.2. The first-order chi connectivity index (χ1) is 13.2. The van der Waals surface area contributed by atoms with Crippen LogP contribution in [0.4, 0.5) is 0 Å². The van der Waals surface area contributed by atoms with Gasteiger partial charge >= 0.3 is 0 Å². The van der Waals surface area contributed by atoms with Crippen LogP contribution in [-0.4, -0.2) is 10.5 Å². The average Bonchev–Trinajstić information content (AvgIpc) is 3.29. The van der Waals surface area contributed by atoms with Gasteiger partial charge in [-0.3, -0.25) is 4.79 Å². The molecule has 0 saturated heterocycles. The molecule has 0 atom stereocenters. The largest absolute Gasteiger partial charge is 0.366 e. The van der Waals surface area contributed by atoms with Gasteiger partial charge in [0, 0.05) is 33.9 Å². The Morgan fingerprint density at radius 2 is 1.93 bits per heavy atom. The fourth-order valence-electron chi connectivity index (χ4n) is 4.78. The zero-order chi connectivity index (χ0) is 18.8. The second-order valence-electron chi connectivity index (χ2n) is 8.13. The standard InChI is InChI=1S/C24H30N2O/c1-2-3-4-8-17-13-14-19-22(15-17)26(16-18-9-5-6-10-18)21-12-7-11-20(23(19)21)24(25)27/h7,11-15,18H,2-6,8-10,16H2,1H3,(H2,25,27). The minimum atomic E-state index is -0.340. The molecule has 1 amide bonds. The average molecular weight is 363 g/mol. The molecule has 4 rings (SSSR count). The number of benzene rings is 2. The molecule has 1 fully saturated rings. The van der Waals surface area contributed by atoms with E-state index < -0.39 is 0 Å². The second kappa shape index (κ2) is 7.75. The normalized spacial score (nSPS) is 15.1. The predicted octanol–water partition coefficient (Wildman–Crippen LogP) is 5.82. The molecule has 3 nitrogen and oxygen atoms in total. The first kappa shape index (κ1) is 18.1. The SMILES string of the molecule is CCCCCc1ccc2c3c(C(N)=O)cccc3n(CC3CCCC3)c2c1. The van der Waals surface area contributed by atoms with Crippen LogP contribution in [0.5, 0.6) is 0 Å². The number of hydrogen-bond donors (Lipinski definition) is 1. The van der Waals surface area contributed by atoms with Gasteiger partial charge < -0.3 is 10.3 Å². The number of carbonyl (C=O) groups excluding carboxylic acids is 1. The number of nitrogens with zero attached hydrogens (tertiary/aromatic N) is 1. The highest BCUT2D eigenvalue weighted by atomic mass is 16.1. The molecule has 1 aromatic heterocycles. The van der Waals surface area contributed by atoms with Crippen LogP contribution in [0, 0.1) is 5.92 Å². The van der Waals surface area contributed by atoms with Gasteiger partial charge in [0.2, 0.25) is 5.91 Å². The first-order valence-electron chi connectivity index (χ1n) is 10.5. The minimum absolute atomic E-state index is 0.340. The maximum absolute atomic E-state index is 12.1. The van der Waals surface area contributed by atoms with Crippen molar-refractivity contribution in [1.82, 2.24) is 4.57 Å². The van der Waals surface area contributed by atoms with Gasteiger partial charge in [-0.2, -0.15) is 0 Å². The Morgan fingerprint density at radius 1 is 1.11 bits per heavy atom. The van der Waals surface area contributed by atoms with E-state index in [1.54, 1.807) is 0 Å². The van der Waals surface area contributed by atoms with Crippen LogP contribution in [0.2, 0.25) is 0 Å². The Kier molecular flexibility index (Phi) is 5.20. The summed E-state index contributed by atoms with van der Waals surface area (Å²) in [5.74, 6) is 0.400. The van der Waals surface area contributed by atoms with Crippen LogP contribution in [0.3, 0.4) is 0 Å². The molecule has 1 aliphatic carbocycles. The van der Waals surface area contributed by atoms with Crippen molar-refractivity contribution in [2.45, 2.75) is 64.8 Å². The van der Waals surface area contributed by atoms with Gasteiger partial charge in [0.05, 0.1) is 0 Å². The van der Waals surface area contributed by atoms with E-state index >= 15 is 0 Å². The summed E-state index contributed by atoms with van der Waals surface area (Å²) >= 11 is 0. The molecule has 1 aliphatic rings. The van der Waals surface area contributed by atoms with Gasteiger partial charge in [-0.05, 0) is 55.4 Å². The summed E-state index contributed by atoms with van der Waals surface area (Å²) in [4.78, 5) is 12.1. The van der Waals surface area contributed by atoms with E-state index in [-0.39, 0.29) is 5.91 Å². The van der Waals surface area contributed by atoms with Crippen LogP contribution in [0.25, 0.3) is 21.8 Å². The fraction of sp³-hybridized carbons (Fsp3) is 0.458. The minimum Gasteiger partial charge on any atom is -0.366 e. The van der Waals surface area contributed by atoms with E-state index in [1.807, 2.05) is 12.1 Å². The number of aromatic nitrogens is 1. The van der Waals surface area contributed by atoms with Crippen LogP contribution in [-0.2, 0) is 13.0 Å². The highest BCUT2D eigenvalue weighted by Crippen LogP contribution is 2.35. The smallest absolute Gasteiger partial charge is 0.249 e. The van der Waals surface area contributed by atoms with E-state index in [9.17, 15) is 4.79 Å². The topological polar surface area (TPSA) is 48.0 Å². The van der Waals surface area contributed by atoms with Gasteiger partial charge in [-0.1, -0.05) is 50.8 Å². The zero-order valence-corrected chi connectivity index (χ0v) is 16.3. The molecule has 0 spiro atoms. The lowest BCUT2D eigenvalue weighted by molar-refractivity contribution is 0.100. The van der Waals surface area contributed by atoms with Crippen molar-refractivity contribution in [2.75, 3.05) is 0 Å². The first-order valence-corrected chi connectivity index (χ1v) is 10.5. The van der Waals surface area contributed by atoms with E-state index in [2.05, 4.69) is 35.8 Å². The number of fused-ring (bicyclic) bond motifs is 3. The lowest BCUT2D eigenvalue weighted by Gasteiger charge is -2.14. The maximum Gasteiger partial charge on any atom is 0.249 e. The fourth-order valence-corrected chi connectivity index (χ4v) is 4.78. The molecule has 0 bridgehead atoms. The number of carbonyl (C=O) groups is 1. The summed E-state index contributed by atoms with van der Waals surface area (Å²) in [5, 5.41) is 2.19. The highest BCUT2D eigenvalue weighted by Gasteiger charge is 2.21. The van der Waals surface area contributed by atoms with Gasteiger partial charge in [0.1, 0.15) is 0 Å². The molecular weight excluding hydrogens is 332 g/mol. The van der Waals surface area contributed by atoms with E-state index in [0.717, 1.165) is 35.2 Å². The molecule has 1 saturated carbocycles. The van der Waals surface area contributed by atoms with Gasteiger partial charge in [0.15, 0.2) is 0 Å². The molecule has 3 heteroatoms. The number of nitrogens with two attached hydrogens (primary N) is 1. The molecule has 2 aromatic carbocycles. The van der Waals surface area contributed by atoms with E-state index in [0.29, 0.717) is 5.56 Å². The molecule has 3 aromatic rings. The van der Waals surface area contributed by atoms with Crippen LogP contribution >= 0.6 is 0 Å². The van der Waals surface area contributed by atoms with Gasteiger partial charge in [0.25, 0.3) is 0 Å². The van der Waals surface area contributed by atoms with E-state index in [4.69, 9.17) is 5.73 Å². The van der Waals surface area contributed by atoms with Crippen molar-refractivity contribution in [2.24, 2.45) is 11.7 Å². The van der Waals surface area contributed by atoms with Crippen molar-refractivity contribution in [3.05, 3.63) is 47.5 Å². The monoisotopic (exact) mass is 362 g/mol. The van der Waals surface area contributed by atoms with Crippen molar-refractivity contribution in [3.63, 3.8) is 0 Å². The lowest BCUT2D eigenvalue weighted by Crippen LogP contribution is -2.11. The summed E-state index contributed by atoms with van der Waals surface area (Å²) in [7, 11) is 0. The molecule has 142 valence electrons. The number of aryl methyl sites for hydroxylation is 1. The summed E-state index contributed by atoms with van der Waals surface area (Å²) < 4.78 is 2.45. The van der Waals surface area contributed by atoms with Crippen molar-refractivity contribution < 1.29 is 4.79 Å². The summed E-state index contributed by atoms with van der Waals surface area (Å²) in [6.45, 7) is 3.29.